The van der Waals surface area contributed by atoms with Gasteiger partial charge in [-0.2, -0.15) is 5.10 Å². The van der Waals surface area contributed by atoms with E-state index in [0.717, 1.165) is 38.2 Å². The molecule has 2 heterocycles. The minimum absolute atomic E-state index is 0.0229. The fraction of sp³-hybridized carbons (Fsp3) is 0.520. The molecule has 2 fully saturated rings. The van der Waals surface area contributed by atoms with Crippen LogP contribution in [-0.2, 0) is 4.74 Å². The van der Waals surface area contributed by atoms with Crippen LogP contribution < -0.4 is 5.32 Å². The number of nitrogens with zero attached hydrogens (tertiary/aromatic N) is 3. The maximum Gasteiger partial charge on any atom is 0.251 e. The summed E-state index contributed by atoms with van der Waals surface area (Å²) in [4.78, 5) is 15.5. The molecular formula is C25H34N4O2. The fourth-order valence-corrected chi connectivity index (χ4v) is 4.91. The monoisotopic (exact) mass is 422 g/mol. The van der Waals surface area contributed by atoms with E-state index in [1.54, 1.807) is 10.9 Å². The SMILES string of the molecule is C=CCO[C@@H]1CCCN(C[C@H]2CCCC[C@@H]2NC(=O)c2ccc(-n3cccn3)cc2)C1. The van der Waals surface area contributed by atoms with Crippen LogP contribution >= 0.6 is 0 Å². The van der Waals surface area contributed by atoms with Gasteiger partial charge in [0, 0.05) is 37.1 Å². The minimum atomic E-state index is 0.0229. The molecule has 0 bridgehead atoms. The van der Waals surface area contributed by atoms with Crippen molar-refractivity contribution in [1.82, 2.24) is 20.0 Å². The average Bonchev–Trinajstić information content (AvgIpc) is 3.34. The van der Waals surface area contributed by atoms with E-state index in [0.29, 0.717) is 24.2 Å². The van der Waals surface area contributed by atoms with Gasteiger partial charge in [0.2, 0.25) is 0 Å². The predicted octanol–water partition coefficient (Wildman–Crippen LogP) is 3.83. The van der Waals surface area contributed by atoms with E-state index in [2.05, 4.69) is 21.9 Å². The minimum Gasteiger partial charge on any atom is -0.373 e. The maximum absolute atomic E-state index is 12.9. The number of ether oxygens (including phenoxy) is 1. The van der Waals surface area contributed by atoms with Crippen molar-refractivity contribution in [3.8, 4) is 5.69 Å². The van der Waals surface area contributed by atoms with Gasteiger partial charge in [0.1, 0.15) is 0 Å². The molecule has 1 aliphatic carbocycles. The number of carbonyl (C=O) groups is 1. The van der Waals surface area contributed by atoms with Crippen LogP contribution in [0.25, 0.3) is 5.69 Å². The van der Waals surface area contributed by atoms with Gasteiger partial charge in [-0.1, -0.05) is 18.9 Å². The molecule has 3 atom stereocenters. The Morgan fingerprint density at radius 3 is 2.81 bits per heavy atom. The molecule has 1 saturated carbocycles. The molecule has 1 N–H and O–H groups in total. The summed E-state index contributed by atoms with van der Waals surface area (Å²) >= 11 is 0. The van der Waals surface area contributed by atoms with Crippen molar-refractivity contribution in [1.29, 1.82) is 0 Å². The highest BCUT2D eigenvalue weighted by molar-refractivity contribution is 5.94. The van der Waals surface area contributed by atoms with E-state index < -0.39 is 0 Å². The lowest BCUT2D eigenvalue weighted by atomic mass is 9.83. The highest BCUT2D eigenvalue weighted by atomic mass is 16.5. The molecule has 166 valence electrons. The lowest BCUT2D eigenvalue weighted by Gasteiger charge is -2.39. The first-order chi connectivity index (χ1) is 15.2. The van der Waals surface area contributed by atoms with E-state index in [-0.39, 0.29) is 11.9 Å². The molecule has 2 aliphatic rings. The molecule has 1 aromatic heterocycles. The Morgan fingerprint density at radius 2 is 2.03 bits per heavy atom. The topological polar surface area (TPSA) is 59.4 Å². The normalized spacial score (nSPS) is 24.6. The average molecular weight is 423 g/mol. The van der Waals surface area contributed by atoms with Crippen LogP contribution in [0.1, 0.15) is 48.9 Å². The van der Waals surface area contributed by atoms with Crippen LogP contribution in [0.3, 0.4) is 0 Å². The Morgan fingerprint density at radius 1 is 1.19 bits per heavy atom. The van der Waals surface area contributed by atoms with E-state index in [1.807, 2.05) is 42.6 Å². The Kier molecular flexibility index (Phi) is 7.54. The Balaban J connectivity index is 1.34. The Labute approximate surface area is 185 Å². The molecule has 6 nitrogen and oxygen atoms in total. The van der Waals surface area contributed by atoms with E-state index in [9.17, 15) is 4.79 Å². The highest BCUT2D eigenvalue weighted by Crippen LogP contribution is 2.27. The summed E-state index contributed by atoms with van der Waals surface area (Å²) in [5, 5.41) is 7.58. The van der Waals surface area contributed by atoms with Crippen LogP contribution in [0.2, 0.25) is 0 Å². The molecule has 1 aliphatic heterocycles. The van der Waals surface area contributed by atoms with Crippen molar-refractivity contribution < 1.29 is 9.53 Å². The zero-order valence-corrected chi connectivity index (χ0v) is 18.3. The largest absolute Gasteiger partial charge is 0.373 e. The van der Waals surface area contributed by atoms with Crippen LogP contribution in [-0.4, -0.2) is 59.0 Å². The maximum atomic E-state index is 12.9. The van der Waals surface area contributed by atoms with Gasteiger partial charge in [-0.15, -0.1) is 6.58 Å². The third-order valence-electron chi connectivity index (χ3n) is 6.53. The number of nitrogens with one attached hydrogen (secondary N) is 1. The van der Waals surface area contributed by atoms with Crippen LogP contribution in [0, 0.1) is 5.92 Å². The molecule has 0 spiro atoms. The molecule has 6 heteroatoms. The van der Waals surface area contributed by atoms with Crippen molar-refractivity contribution in [3.05, 3.63) is 60.9 Å². The second-order valence-corrected chi connectivity index (χ2v) is 8.77. The number of aromatic nitrogens is 2. The van der Waals surface area contributed by atoms with Crippen LogP contribution in [0.5, 0.6) is 0 Å². The summed E-state index contributed by atoms with van der Waals surface area (Å²) in [6.07, 6.45) is 12.8. The summed E-state index contributed by atoms with van der Waals surface area (Å²) in [5.41, 5.74) is 1.66. The number of benzene rings is 1. The first-order valence-electron chi connectivity index (χ1n) is 11.6. The van der Waals surface area contributed by atoms with Crippen molar-refractivity contribution in [2.45, 2.75) is 50.7 Å². The molecular weight excluding hydrogens is 388 g/mol. The van der Waals surface area contributed by atoms with Gasteiger partial charge in [0.25, 0.3) is 5.91 Å². The van der Waals surface area contributed by atoms with Crippen molar-refractivity contribution >= 4 is 5.91 Å². The first-order valence-corrected chi connectivity index (χ1v) is 11.6. The second kappa shape index (κ2) is 10.7. The van der Waals surface area contributed by atoms with Gasteiger partial charge in [-0.05, 0) is 68.5 Å². The number of piperidine rings is 1. The number of amides is 1. The molecule has 1 saturated heterocycles. The highest BCUT2D eigenvalue weighted by Gasteiger charge is 2.30. The van der Waals surface area contributed by atoms with E-state index in [1.165, 1.54) is 25.7 Å². The molecule has 0 radical (unpaired) electrons. The molecule has 1 amide bonds. The standard InChI is InChI=1S/C25H34N4O2/c1-2-17-31-23-8-5-15-28(19-23)18-21-7-3-4-9-24(21)27-25(30)20-10-12-22(13-11-20)29-16-6-14-26-29/h2,6,10-14,16,21,23-24H,1,3-5,7-9,15,17-19H2,(H,27,30)/t21-,23-,24+/m1/s1. The number of hydrogen-bond acceptors (Lipinski definition) is 4. The molecule has 2 aromatic rings. The predicted molar refractivity (Wildman–Crippen MR) is 122 cm³/mol. The van der Waals surface area contributed by atoms with Gasteiger partial charge in [0.15, 0.2) is 0 Å². The zero-order valence-electron chi connectivity index (χ0n) is 18.3. The molecule has 1 aromatic carbocycles. The fourth-order valence-electron chi connectivity index (χ4n) is 4.91. The molecule has 31 heavy (non-hydrogen) atoms. The molecule has 4 rings (SSSR count). The number of rotatable bonds is 8. The number of likely N-dealkylation sites (tertiary alicyclic amines) is 1. The second-order valence-electron chi connectivity index (χ2n) is 8.77. The number of carbonyl (C=O) groups excluding carboxylic acids is 1. The van der Waals surface area contributed by atoms with Crippen molar-refractivity contribution in [2.24, 2.45) is 5.92 Å². The third kappa shape index (κ3) is 5.83. The lowest BCUT2D eigenvalue weighted by molar-refractivity contribution is 0.00515. The van der Waals surface area contributed by atoms with Gasteiger partial charge >= 0.3 is 0 Å². The van der Waals surface area contributed by atoms with E-state index in [4.69, 9.17) is 4.74 Å². The van der Waals surface area contributed by atoms with Gasteiger partial charge in [-0.3, -0.25) is 4.79 Å². The first kappa shape index (κ1) is 21.8. The van der Waals surface area contributed by atoms with Crippen molar-refractivity contribution in [3.63, 3.8) is 0 Å². The number of hydrogen-bond donors (Lipinski definition) is 1. The van der Waals surface area contributed by atoms with Crippen LogP contribution in [0.15, 0.2) is 55.4 Å². The smallest absolute Gasteiger partial charge is 0.251 e. The summed E-state index contributed by atoms with van der Waals surface area (Å²) in [5.74, 6) is 0.522. The summed E-state index contributed by atoms with van der Waals surface area (Å²) in [6, 6.07) is 9.78. The third-order valence-corrected chi connectivity index (χ3v) is 6.53. The van der Waals surface area contributed by atoms with Crippen molar-refractivity contribution in [2.75, 3.05) is 26.2 Å². The van der Waals surface area contributed by atoms with Gasteiger partial charge in [0.05, 0.1) is 18.4 Å². The summed E-state index contributed by atoms with van der Waals surface area (Å²) < 4.78 is 7.70. The zero-order chi connectivity index (χ0) is 21.5. The molecule has 0 unspecified atom stereocenters. The lowest BCUT2D eigenvalue weighted by Crippen LogP contribution is -2.49. The van der Waals surface area contributed by atoms with Crippen LogP contribution in [0.4, 0.5) is 0 Å². The van der Waals surface area contributed by atoms with E-state index >= 15 is 0 Å². The Hall–Kier alpha value is -2.44. The summed E-state index contributed by atoms with van der Waals surface area (Å²) in [7, 11) is 0. The van der Waals surface area contributed by atoms with Gasteiger partial charge in [-0.25, -0.2) is 4.68 Å². The quantitative estimate of drug-likeness (QED) is 0.657. The summed E-state index contributed by atoms with van der Waals surface area (Å²) in [6.45, 7) is 7.53. The Bertz CT molecular complexity index is 834. The van der Waals surface area contributed by atoms with Gasteiger partial charge < -0.3 is 15.0 Å².